The third kappa shape index (κ3) is 2.17. The molecule has 0 spiro atoms. The average Bonchev–Trinajstić information content (AvgIpc) is 2.47. The van der Waals surface area contributed by atoms with Crippen molar-refractivity contribution in [3.8, 4) is 0 Å². The highest BCUT2D eigenvalue weighted by molar-refractivity contribution is 9.10. The maximum Gasteiger partial charge on any atom is 0.266 e. The van der Waals surface area contributed by atoms with E-state index < -0.39 is 56.8 Å². The molecule has 0 aromatic carbocycles. The van der Waals surface area contributed by atoms with Gasteiger partial charge in [0.2, 0.25) is 16.8 Å². The molecule has 5 atom stereocenters. The van der Waals surface area contributed by atoms with Gasteiger partial charge in [-0.15, -0.1) is 0 Å². The monoisotopic (exact) mass is 426 g/mol. The van der Waals surface area contributed by atoms with Crippen molar-refractivity contribution in [1.82, 2.24) is 0 Å². The Hall–Kier alpha value is -1.08. The Morgan fingerprint density at radius 3 is 1.36 bits per heavy atom. The van der Waals surface area contributed by atoms with E-state index in [0.717, 1.165) is 6.92 Å². The highest BCUT2D eigenvalue weighted by Gasteiger charge is 2.87. The van der Waals surface area contributed by atoms with Crippen molar-refractivity contribution in [3.05, 3.63) is 0 Å². The van der Waals surface area contributed by atoms with E-state index in [1.54, 1.807) is 0 Å². The van der Waals surface area contributed by atoms with Crippen molar-refractivity contribution >= 4 is 39.1 Å². The zero-order valence-electron chi connectivity index (χ0n) is 13.9. The molecule has 142 valence electrons. The summed E-state index contributed by atoms with van der Waals surface area (Å²) in [4.78, 5) is 48.6. The zero-order valence-corrected chi connectivity index (χ0v) is 15.4. The lowest BCUT2D eigenvalue weighted by molar-refractivity contribution is -0.391. The number of hydrogen-bond acceptors (Lipinski definition) is 10. The van der Waals surface area contributed by atoms with Gasteiger partial charge in [-0.05, 0) is 43.6 Å². The second kappa shape index (κ2) is 5.98. The van der Waals surface area contributed by atoms with Gasteiger partial charge in [-0.1, -0.05) is 0 Å². The molecule has 1 rings (SSSR count). The third-order valence-corrected chi connectivity index (χ3v) is 5.44. The molecule has 1 aliphatic heterocycles. The van der Waals surface area contributed by atoms with Crippen LogP contribution in [0.2, 0.25) is 0 Å². The number of ether oxygens (including phenoxy) is 1. The van der Waals surface area contributed by atoms with Crippen molar-refractivity contribution < 1.29 is 49.4 Å². The maximum atomic E-state index is 12.2. The fourth-order valence-electron chi connectivity index (χ4n) is 3.26. The van der Waals surface area contributed by atoms with Crippen LogP contribution in [0.25, 0.3) is 0 Å². The van der Waals surface area contributed by atoms with Gasteiger partial charge in [-0.2, -0.15) is 0 Å². The summed E-state index contributed by atoms with van der Waals surface area (Å²) in [6.07, 6.45) is 0. The number of carbonyl (C=O) groups is 4. The molecule has 0 amide bonds. The Morgan fingerprint density at radius 2 is 1.12 bits per heavy atom. The molecule has 0 unspecified atom stereocenters. The second-order valence-electron chi connectivity index (χ2n) is 6.00. The number of ketones is 4. The van der Waals surface area contributed by atoms with Crippen LogP contribution >= 0.6 is 15.9 Å². The molecule has 1 fully saturated rings. The molecule has 1 aliphatic rings. The highest BCUT2D eigenvalue weighted by Crippen LogP contribution is 2.56. The van der Waals surface area contributed by atoms with Crippen LogP contribution in [0, 0.1) is 0 Å². The van der Waals surface area contributed by atoms with Crippen LogP contribution in [0.1, 0.15) is 27.7 Å². The van der Waals surface area contributed by atoms with Crippen LogP contribution in [0.5, 0.6) is 0 Å². The molecule has 10 nitrogen and oxygen atoms in total. The molecule has 0 radical (unpaired) electrons. The van der Waals surface area contributed by atoms with Gasteiger partial charge in [0.1, 0.15) is 0 Å². The van der Waals surface area contributed by atoms with Crippen LogP contribution in [0.3, 0.4) is 0 Å². The second-order valence-corrected chi connectivity index (χ2v) is 7.08. The molecule has 1 heterocycles. The predicted molar refractivity (Wildman–Crippen MR) is 82.4 cm³/mol. The summed E-state index contributed by atoms with van der Waals surface area (Å²) < 4.78 is 1.57. The van der Waals surface area contributed by atoms with Crippen LogP contribution < -0.4 is 0 Å². The number of carbonyl (C=O) groups excluding carboxylic acids is 4. The van der Waals surface area contributed by atoms with E-state index in [0.29, 0.717) is 20.8 Å². The van der Waals surface area contributed by atoms with Gasteiger partial charge in [0.15, 0.2) is 28.7 Å². The molecule has 0 aliphatic carbocycles. The van der Waals surface area contributed by atoms with Gasteiger partial charge < -0.3 is 30.3 Å². The largest absolute Gasteiger partial charge is 0.393 e. The normalized spacial score (nSPS) is 44.2. The van der Waals surface area contributed by atoms with Gasteiger partial charge in [-0.3, -0.25) is 19.2 Å². The quantitative estimate of drug-likeness (QED) is 0.291. The maximum absolute atomic E-state index is 12.2. The summed E-state index contributed by atoms with van der Waals surface area (Å²) in [5.74, 6) is -5.75. The molecule has 0 bridgehead atoms. The topological polar surface area (TPSA) is 179 Å². The summed E-state index contributed by atoms with van der Waals surface area (Å²) in [5.41, 5.74) is -14.0. The number of aliphatic hydroxyl groups is 5. The Labute approximate surface area is 150 Å². The number of rotatable bonds is 5. The molecule has 0 aromatic heterocycles. The minimum absolute atomic E-state index is 0.610. The van der Waals surface area contributed by atoms with Gasteiger partial charge >= 0.3 is 0 Å². The first-order valence-corrected chi connectivity index (χ1v) is 7.77. The fourth-order valence-corrected chi connectivity index (χ4v) is 4.10. The van der Waals surface area contributed by atoms with E-state index in [2.05, 4.69) is 15.9 Å². The summed E-state index contributed by atoms with van der Waals surface area (Å²) in [5, 5.41) is 52.7. The van der Waals surface area contributed by atoms with Crippen LogP contribution in [-0.2, 0) is 23.9 Å². The number of alkyl halides is 1. The van der Waals surface area contributed by atoms with Crippen LogP contribution in [0.4, 0.5) is 0 Å². The average molecular weight is 427 g/mol. The van der Waals surface area contributed by atoms with Crippen molar-refractivity contribution in [2.75, 3.05) is 6.61 Å². The van der Waals surface area contributed by atoms with E-state index in [1.807, 2.05) is 0 Å². The van der Waals surface area contributed by atoms with Crippen molar-refractivity contribution in [2.45, 2.75) is 54.8 Å². The molecule has 0 aromatic rings. The summed E-state index contributed by atoms with van der Waals surface area (Å²) in [7, 11) is 0. The minimum atomic E-state index is -3.75. The Kier molecular flexibility index (Phi) is 5.25. The highest BCUT2D eigenvalue weighted by atomic mass is 79.9. The molecular weight excluding hydrogens is 408 g/mol. The SMILES string of the molecule is CC(=O)[C@@]1(O)[C@](O)(C(C)=O)[C@@](O)(Br)O[C@@](CO)(C(C)=O)[C@]1(O)C(C)=O. The number of halogens is 1. The lowest BCUT2D eigenvalue weighted by Crippen LogP contribution is -2.92. The molecular formula is C14H19BrO10. The Bertz CT molecular complexity index is 660. The zero-order chi connectivity index (χ0) is 20.2. The Morgan fingerprint density at radius 1 is 0.760 bits per heavy atom. The van der Waals surface area contributed by atoms with Gasteiger partial charge in [0.25, 0.3) is 4.70 Å². The number of aliphatic hydroxyl groups excluding tert-OH is 1. The number of Topliss-reactive ketones (excluding diaryl/α,β-unsaturated/α-hetero) is 4. The van der Waals surface area contributed by atoms with E-state index in [9.17, 15) is 44.7 Å². The van der Waals surface area contributed by atoms with Crippen LogP contribution in [0.15, 0.2) is 0 Å². The number of hydrogen-bond donors (Lipinski definition) is 5. The van der Waals surface area contributed by atoms with Crippen molar-refractivity contribution in [1.29, 1.82) is 0 Å². The van der Waals surface area contributed by atoms with E-state index in [1.165, 1.54) is 0 Å². The molecule has 25 heavy (non-hydrogen) atoms. The predicted octanol–water partition coefficient (Wildman–Crippen LogP) is -2.66. The van der Waals surface area contributed by atoms with E-state index >= 15 is 0 Å². The standard InChI is InChI=1S/C14H19BrO10/c1-6(17)10(5-16)11(21,7(2)18)12(22,8(3)19)13(23,9(4)20)14(15,24)25-10/h16,21-24H,5H2,1-4H3/t10-,11+,12-,13+,14-/m0/s1. The lowest BCUT2D eigenvalue weighted by atomic mass is 9.56. The third-order valence-electron chi connectivity index (χ3n) is 4.71. The van der Waals surface area contributed by atoms with Crippen molar-refractivity contribution in [3.63, 3.8) is 0 Å². The van der Waals surface area contributed by atoms with Gasteiger partial charge in [0.05, 0.1) is 6.61 Å². The minimum Gasteiger partial charge on any atom is -0.393 e. The Balaban J connectivity index is 4.21. The van der Waals surface area contributed by atoms with E-state index in [-0.39, 0.29) is 0 Å². The summed E-state index contributed by atoms with van der Waals surface area (Å²) in [6.45, 7) is 1.16. The fraction of sp³-hybridized carbons (Fsp3) is 0.714. The first-order chi connectivity index (χ1) is 11.0. The smallest absolute Gasteiger partial charge is 0.266 e. The molecule has 11 heteroatoms. The van der Waals surface area contributed by atoms with Gasteiger partial charge in [0, 0.05) is 0 Å². The molecule has 0 saturated carbocycles. The first kappa shape index (κ1) is 22.0. The molecule has 1 saturated heterocycles. The lowest BCUT2D eigenvalue weighted by Gasteiger charge is -2.62. The first-order valence-electron chi connectivity index (χ1n) is 6.98. The summed E-state index contributed by atoms with van der Waals surface area (Å²) in [6, 6.07) is 0. The molecule has 5 N–H and O–H groups in total. The van der Waals surface area contributed by atoms with Gasteiger partial charge in [-0.25, -0.2) is 0 Å². The van der Waals surface area contributed by atoms with Crippen molar-refractivity contribution in [2.24, 2.45) is 0 Å². The summed E-state index contributed by atoms with van der Waals surface area (Å²) >= 11 is 2.41. The van der Waals surface area contributed by atoms with Crippen LogP contribution in [-0.4, -0.2) is 82.4 Å². The van der Waals surface area contributed by atoms with E-state index in [4.69, 9.17) is 4.74 Å².